The van der Waals surface area contributed by atoms with E-state index in [1.807, 2.05) is 23.5 Å². The Morgan fingerprint density at radius 1 is 1.00 bits per heavy atom. The van der Waals surface area contributed by atoms with Crippen LogP contribution in [0.15, 0.2) is 67.1 Å². The molecule has 5 amide bonds. The second-order valence-electron chi connectivity index (χ2n) is 15.4. The van der Waals surface area contributed by atoms with Gasteiger partial charge in [-0.15, -0.1) is 0 Å². The van der Waals surface area contributed by atoms with Crippen LogP contribution in [0.5, 0.6) is 0 Å². The maximum atomic E-state index is 13.3. The molecular weight excluding hydrogens is 789 g/mol. The number of aromatic amines is 1. The fourth-order valence-corrected chi connectivity index (χ4v) is 9.52. The monoisotopic (exact) mass is 828 g/mol. The van der Waals surface area contributed by atoms with Crippen LogP contribution in [0.25, 0.3) is 22.3 Å². The number of aromatic nitrogens is 5. The third-order valence-electron chi connectivity index (χ3n) is 11.7. The van der Waals surface area contributed by atoms with Gasteiger partial charge in [0, 0.05) is 84.7 Å². The van der Waals surface area contributed by atoms with E-state index in [1.165, 1.54) is 0 Å². The molecular formula is C41H40N12O6S. The number of hydrogen-bond acceptors (Lipinski definition) is 12. The number of nitriles is 1. The smallest absolute Gasteiger partial charge is 0.262 e. The van der Waals surface area contributed by atoms with E-state index in [9.17, 15) is 33.4 Å². The third-order valence-corrected chi connectivity index (χ3v) is 13.0. The summed E-state index contributed by atoms with van der Waals surface area (Å²) in [6.45, 7) is 4.02. The number of carbonyl (C=O) groups is 5. The molecule has 2 aromatic carbocycles. The molecule has 3 fully saturated rings. The van der Waals surface area contributed by atoms with Gasteiger partial charge in [-0.25, -0.2) is 13.5 Å². The van der Waals surface area contributed by atoms with Gasteiger partial charge in [0.05, 0.1) is 46.5 Å². The molecule has 2 atom stereocenters. The number of anilines is 3. The van der Waals surface area contributed by atoms with E-state index in [0.29, 0.717) is 73.3 Å². The van der Waals surface area contributed by atoms with Crippen molar-refractivity contribution in [2.45, 2.75) is 56.7 Å². The Kier molecular flexibility index (Phi) is 9.96. The van der Waals surface area contributed by atoms with Crippen molar-refractivity contribution in [1.29, 1.82) is 5.26 Å². The Bertz CT molecular complexity index is 2640. The van der Waals surface area contributed by atoms with Crippen molar-refractivity contribution in [3.63, 3.8) is 0 Å². The summed E-state index contributed by atoms with van der Waals surface area (Å²) in [7, 11) is -1.10. The first kappa shape index (κ1) is 38.7. The van der Waals surface area contributed by atoms with Crippen molar-refractivity contribution >= 4 is 68.9 Å². The zero-order valence-electron chi connectivity index (χ0n) is 32.5. The molecule has 4 N–H and O–H groups in total. The number of H-pyrrole nitrogens is 1. The number of rotatable bonds is 11. The summed E-state index contributed by atoms with van der Waals surface area (Å²) in [6, 6.07) is 15.2. The molecule has 2 unspecified atom stereocenters. The van der Waals surface area contributed by atoms with Crippen LogP contribution in [0.3, 0.4) is 0 Å². The number of amides is 5. The molecule has 3 aromatic heterocycles. The van der Waals surface area contributed by atoms with Crippen LogP contribution < -0.4 is 20.9 Å². The minimum atomic E-state index is -1.10. The largest absolute Gasteiger partial charge is 0.371 e. The van der Waals surface area contributed by atoms with Crippen LogP contribution in [0.1, 0.15) is 70.1 Å². The maximum absolute atomic E-state index is 13.3. The van der Waals surface area contributed by atoms with Gasteiger partial charge in [0.1, 0.15) is 17.2 Å². The second kappa shape index (κ2) is 15.4. The molecule has 18 nitrogen and oxygen atoms in total. The lowest BCUT2D eigenvalue weighted by atomic mass is 9.89. The lowest BCUT2D eigenvalue weighted by Gasteiger charge is -2.47. The molecule has 4 aliphatic rings. The molecule has 0 radical (unpaired) electrons. The summed E-state index contributed by atoms with van der Waals surface area (Å²) in [5, 5.41) is 23.6. The van der Waals surface area contributed by atoms with Gasteiger partial charge in [-0.05, 0) is 67.8 Å². The zero-order valence-corrected chi connectivity index (χ0v) is 33.3. The van der Waals surface area contributed by atoms with Crippen LogP contribution in [0, 0.1) is 11.3 Å². The molecule has 0 bridgehead atoms. The van der Waals surface area contributed by atoms with Gasteiger partial charge in [0.15, 0.2) is 0 Å². The Hall–Kier alpha value is -6.78. The minimum Gasteiger partial charge on any atom is -0.371 e. The number of carbonyl (C=O) groups excluding carboxylic acids is 5. The molecule has 7 heterocycles. The van der Waals surface area contributed by atoms with E-state index in [2.05, 4.69) is 42.0 Å². The van der Waals surface area contributed by atoms with Gasteiger partial charge in [-0.2, -0.15) is 15.3 Å². The van der Waals surface area contributed by atoms with Crippen LogP contribution in [-0.4, -0.2) is 112 Å². The van der Waals surface area contributed by atoms with Gasteiger partial charge in [0.2, 0.25) is 17.8 Å². The molecule has 0 saturated carbocycles. The van der Waals surface area contributed by atoms with Crippen molar-refractivity contribution in [3.8, 4) is 17.3 Å². The topological polar surface area (TPSA) is 231 Å². The number of benzene rings is 2. The summed E-state index contributed by atoms with van der Waals surface area (Å²) >= 11 is 0. The molecule has 0 spiro atoms. The van der Waals surface area contributed by atoms with Gasteiger partial charge in [-0.1, -0.05) is 6.92 Å². The fraction of sp³-hybridized carbons (Fsp3) is 0.341. The van der Waals surface area contributed by atoms with E-state index in [-0.39, 0.29) is 42.3 Å². The number of imide groups is 2. The highest BCUT2D eigenvalue weighted by molar-refractivity contribution is 7.82. The molecule has 4 aliphatic heterocycles. The first-order valence-electron chi connectivity index (χ1n) is 19.7. The summed E-state index contributed by atoms with van der Waals surface area (Å²) in [4.78, 5) is 79.5. The molecule has 3 saturated heterocycles. The first-order chi connectivity index (χ1) is 29.0. The Morgan fingerprint density at radius 2 is 1.77 bits per heavy atom. The summed E-state index contributed by atoms with van der Waals surface area (Å²) < 4.78 is 16.0. The Labute approximate surface area is 345 Å². The molecule has 5 aromatic rings. The highest BCUT2D eigenvalue weighted by atomic mass is 32.2. The Balaban J connectivity index is 0.816. The minimum absolute atomic E-state index is 0.0561. The highest BCUT2D eigenvalue weighted by Crippen LogP contribution is 2.36. The Morgan fingerprint density at radius 3 is 2.50 bits per heavy atom. The predicted molar refractivity (Wildman–Crippen MR) is 219 cm³/mol. The number of piperidine rings is 2. The van der Waals surface area contributed by atoms with Crippen molar-refractivity contribution in [2.24, 2.45) is 0 Å². The van der Waals surface area contributed by atoms with Crippen molar-refractivity contribution in [3.05, 3.63) is 83.8 Å². The highest BCUT2D eigenvalue weighted by Gasteiger charge is 2.48. The van der Waals surface area contributed by atoms with Crippen molar-refractivity contribution in [1.82, 2.24) is 44.6 Å². The van der Waals surface area contributed by atoms with Gasteiger partial charge >= 0.3 is 0 Å². The SMILES string of the molecule is CCS(=O)N1CC(CC#N)(n2cc(-c3nc(Nc4ccc(C(=O)NC5CCN(c6ccc7c(c6)C(=O)N(C6CCC(=O)NC6=O)C7=O)CC5)cc4)nc4[nH]ccc34)cn2)C1. The number of fused-ring (bicyclic) bond motifs is 2. The normalized spacial score (nSPS) is 19.8. The van der Waals surface area contributed by atoms with E-state index >= 15 is 0 Å². The average molecular weight is 829 g/mol. The van der Waals surface area contributed by atoms with Crippen LogP contribution in [0.2, 0.25) is 0 Å². The van der Waals surface area contributed by atoms with Gasteiger partial charge in [-0.3, -0.25) is 38.9 Å². The van der Waals surface area contributed by atoms with Crippen molar-refractivity contribution < 1.29 is 28.2 Å². The molecule has 0 aliphatic carbocycles. The average Bonchev–Trinajstić information content (AvgIpc) is 3.98. The maximum Gasteiger partial charge on any atom is 0.262 e. The molecule has 19 heteroatoms. The zero-order chi connectivity index (χ0) is 41.7. The van der Waals surface area contributed by atoms with Gasteiger partial charge < -0.3 is 20.5 Å². The third kappa shape index (κ3) is 6.96. The molecule has 60 heavy (non-hydrogen) atoms. The first-order valence-corrected chi connectivity index (χ1v) is 21.0. The fourth-order valence-electron chi connectivity index (χ4n) is 8.38. The number of nitrogens with one attached hydrogen (secondary N) is 4. The predicted octanol–water partition coefficient (Wildman–Crippen LogP) is 2.97. The molecule has 306 valence electrons. The van der Waals surface area contributed by atoms with Crippen molar-refractivity contribution in [2.75, 3.05) is 42.1 Å². The van der Waals surface area contributed by atoms with Crippen LogP contribution in [-0.2, 0) is 26.1 Å². The molecule has 9 rings (SSSR count). The number of hydrogen-bond donors (Lipinski definition) is 4. The summed E-state index contributed by atoms with van der Waals surface area (Å²) in [5.41, 5.74) is 3.83. The van der Waals surface area contributed by atoms with Crippen LogP contribution in [0.4, 0.5) is 17.3 Å². The lowest BCUT2D eigenvalue weighted by Crippen LogP contribution is -2.63. The summed E-state index contributed by atoms with van der Waals surface area (Å²) in [6.07, 6.45) is 7.08. The second-order valence-corrected chi connectivity index (χ2v) is 17.1. The van der Waals surface area contributed by atoms with E-state index in [4.69, 9.17) is 4.98 Å². The van der Waals surface area contributed by atoms with E-state index in [1.54, 1.807) is 59.5 Å². The van der Waals surface area contributed by atoms with E-state index < -0.39 is 46.2 Å². The lowest BCUT2D eigenvalue weighted by molar-refractivity contribution is -0.136. The van der Waals surface area contributed by atoms with Gasteiger partial charge in [0.25, 0.3) is 17.7 Å². The van der Waals surface area contributed by atoms with Crippen LogP contribution >= 0.6 is 0 Å². The number of nitrogens with zero attached hydrogens (tertiary/aromatic N) is 8. The van der Waals surface area contributed by atoms with E-state index in [0.717, 1.165) is 21.5 Å². The summed E-state index contributed by atoms with van der Waals surface area (Å²) in [5.74, 6) is -1.52. The standard InChI is InChI=1S/C41H40N12O6S/c1-2-60(59)51-22-41(23-51,14-15-42)52-21-25(20-44-52)34-30-11-16-43-35(30)49-40(48-34)46-26-5-3-24(4-6-26)36(55)45-27-12-17-50(18-13-27)28-7-8-29-31(19-28)39(58)53(38(29)57)32-9-10-33(54)47-37(32)56/h3-8,11,16,19-21,27,32H,2,9-10,12-14,17-18,22-23H2,1H3,(H,45,55)(H,47,54,56)(H2,43,46,48,49). The quantitative estimate of drug-likeness (QED) is 0.141.